The molecular weight excluding hydrogens is 344 g/mol. The van der Waals surface area contributed by atoms with Crippen LogP contribution in [-0.4, -0.2) is 51.0 Å². The number of carbonyl (C=O) groups is 2. The van der Waals surface area contributed by atoms with Crippen LogP contribution in [0.3, 0.4) is 0 Å². The molecule has 1 aromatic carbocycles. The number of rotatable bonds is 5. The Labute approximate surface area is 148 Å². The third kappa shape index (κ3) is 4.15. The van der Waals surface area contributed by atoms with Gasteiger partial charge in [0.05, 0.1) is 17.5 Å². The number of hydrogen-bond acceptors (Lipinski definition) is 5. The van der Waals surface area contributed by atoms with Crippen LogP contribution in [0.2, 0.25) is 0 Å². The van der Waals surface area contributed by atoms with E-state index >= 15 is 0 Å². The topological polar surface area (TPSA) is 70.5 Å². The number of amides is 1. The molecule has 1 fully saturated rings. The van der Waals surface area contributed by atoms with Crippen LogP contribution in [-0.2, 0) is 11.2 Å². The minimum absolute atomic E-state index is 0.0141. The van der Waals surface area contributed by atoms with Gasteiger partial charge >= 0.3 is 5.97 Å². The van der Waals surface area contributed by atoms with Crippen LogP contribution in [0.4, 0.5) is 0 Å². The van der Waals surface area contributed by atoms with Crippen molar-refractivity contribution in [1.29, 1.82) is 0 Å². The quantitative estimate of drug-likeness (QED) is 0.886. The van der Waals surface area contributed by atoms with Crippen molar-refractivity contribution in [2.45, 2.75) is 18.9 Å². The molecule has 0 radical (unpaired) electrons. The molecule has 1 saturated heterocycles. The van der Waals surface area contributed by atoms with Gasteiger partial charge in [0.1, 0.15) is 5.69 Å². The summed E-state index contributed by atoms with van der Waals surface area (Å²) in [5.74, 6) is 0.475. The molecule has 1 unspecified atom stereocenters. The Morgan fingerprint density at radius 1 is 1.29 bits per heavy atom. The fourth-order valence-electron chi connectivity index (χ4n) is 2.70. The number of nitrogens with zero attached hydrogens (tertiary/aromatic N) is 2. The van der Waals surface area contributed by atoms with Crippen molar-refractivity contribution in [2.24, 2.45) is 0 Å². The molecule has 2 heterocycles. The van der Waals surface area contributed by atoms with Gasteiger partial charge in [0.15, 0.2) is 0 Å². The molecule has 1 amide bonds. The first-order chi connectivity index (χ1) is 11.6. The van der Waals surface area contributed by atoms with E-state index in [1.54, 1.807) is 22.0 Å². The van der Waals surface area contributed by atoms with Crippen molar-refractivity contribution in [3.63, 3.8) is 0 Å². The van der Waals surface area contributed by atoms with Gasteiger partial charge in [-0.25, -0.2) is 4.98 Å². The first kappa shape index (κ1) is 17.0. The smallest absolute Gasteiger partial charge is 0.305 e. The Morgan fingerprint density at radius 3 is 2.83 bits per heavy atom. The van der Waals surface area contributed by atoms with Crippen LogP contribution in [0.5, 0.6) is 0 Å². The molecule has 3 rings (SSSR count). The Morgan fingerprint density at radius 2 is 2.08 bits per heavy atom. The minimum atomic E-state index is -0.872. The van der Waals surface area contributed by atoms with Crippen molar-refractivity contribution in [3.8, 4) is 0 Å². The lowest BCUT2D eigenvalue weighted by atomic mass is 10.1. The van der Waals surface area contributed by atoms with Gasteiger partial charge in [-0.3, -0.25) is 9.59 Å². The highest BCUT2D eigenvalue weighted by Gasteiger charge is 2.30. The zero-order valence-electron chi connectivity index (χ0n) is 13.1. The van der Waals surface area contributed by atoms with Gasteiger partial charge in [0.2, 0.25) is 0 Å². The van der Waals surface area contributed by atoms with E-state index in [9.17, 15) is 9.59 Å². The molecular formula is C17H18N2O3S2. The number of carbonyl (C=O) groups excluding carboxylic acids is 1. The maximum absolute atomic E-state index is 12.7. The molecule has 0 bridgehead atoms. The monoisotopic (exact) mass is 362 g/mol. The first-order valence-corrected chi connectivity index (χ1v) is 9.76. The number of carboxylic acid groups (broad SMARTS) is 1. The normalized spacial score (nSPS) is 17.7. The number of aliphatic carboxylic acids is 1. The second kappa shape index (κ2) is 7.81. The fraction of sp³-hybridized carbons (Fsp3) is 0.353. The van der Waals surface area contributed by atoms with E-state index in [1.165, 1.54) is 11.3 Å². The van der Waals surface area contributed by atoms with E-state index in [0.717, 1.165) is 16.3 Å². The third-order valence-corrected chi connectivity index (χ3v) is 5.81. The highest BCUT2D eigenvalue weighted by Crippen LogP contribution is 2.23. The molecule has 0 aliphatic carbocycles. The second-order valence-corrected chi connectivity index (χ2v) is 7.71. The molecule has 1 atom stereocenters. The summed E-state index contributed by atoms with van der Waals surface area (Å²) in [5, 5.41) is 11.7. The highest BCUT2D eigenvalue weighted by molar-refractivity contribution is 7.99. The average Bonchev–Trinajstić information content (AvgIpc) is 3.03. The summed E-state index contributed by atoms with van der Waals surface area (Å²) >= 11 is 3.17. The molecule has 5 nitrogen and oxygen atoms in total. The van der Waals surface area contributed by atoms with Gasteiger partial charge in [0, 0.05) is 29.9 Å². The summed E-state index contributed by atoms with van der Waals surface area (Å²) in [5.41, 5.74) is 1.58. The standard InChI is InChI=1S/C17H18N2O3S2/c20-16(21)9-13-10-23-7-6-19(13)17(22)14-11-24-15(18-14)8-12-4-2-1-3-5-12/h1-5,11,13H,6-10H2,(H,20,21). The SMILES string of the molecule is O=C(O)CC1CSCCN1C(=O)c1csc(Cc2ccccc2)n1. The van der Waals surface area contributed by atoms with Gasteiger partial charge in [0.25, 0.3) is 5.91 Å². The van der Waals surface area contributed by atoms with Gasteiger partial charge < -0.3 is 10.0 Å². The van der Waals surface area contributed by atoms with Crippen LogP contribution >= 0.6 is 23.1 Å². The summed E-state index contributed by atoms with van der Waals surface area (Å²) in [4.78, 5) is 29.9. The highest BCUT2D eigenvalue weighted by atomic mass is 32.2. The Kier molecular flexibility index (Phi) is 5.52. The summed E-state index contributed by atoms with van der Waals surface area (Å²) < 4.78 is 0. The number of thiazole rings is 1. The predicted molar refractivity (Wildman–Crippen MR) is 95.8 cm³/mol. The van der Waals surface area contributed by atoms with Gasteiger partial charge in [-0.05, 0) is 5.56 Å². The Bertz CT molecular complexity index is 718. The summed E-state index contributed by atoms with van der Waals surface area (Å²) in [7, 11) is 0. The van der Waals surface area contributed by atoms with Crippen LogP contribution in [0.15, 0.2) is 35.7 Å². The lowest BCUT2D eigenvalue weighted by Gasteiger charge is -2.34. The molecule has 7 heteroatoms. The van der Waals surface area contributed by atoms with Crippen LogP contribution in [0.1, 0.15) is 27.5 Å². The number of carboxylic acids is 1. The van der Waals surface area contributed by atoms with E-state index in [0.29, 0.717) is 24.4 Å². The number of benzene rings is 1. The van der Waals surface area contributed by atoms with E-state index < -0.39 is 5.97 Å². The minimum Gasteiger partial charge on any atom is -0.481 e. The number of aromatic nitrogens is 1. The van der Waals surface area contributed by atoms with Crippen LogP contribution < -0.4 is 0 Å². The largest absolute Gasteiger partial charge is 0.481 e. The predicted octanol–water partition coefficient (Wildman–Crippen LogP) is 2.77. The third-order valence-electron chi connectivity index (χ3n) is 3.87. The lowest BCUT2D eigenvalue weighted by molar-refractivity contribution is -0.138. The van der Waals surface area contributed by atoms with E-state index in [1.807, 2.05) is 30.3 Å². The first-order valence-electron chi connectivity index (χ1n) is 7.72. The Hall–Kier alpha value is -1.86. The van der Waals surface area contributed by atoms with Crippen molar-refractivity contribution in [2.75, 3.05) is 18.1 Å². The Balaban J connectivity index is 1.71. The van der Waals surface area contributed by atoms with E-state index in [4.69, 9.17) is 5.11 Å². The molecule has 1 aliphatic heterocycles. The molecule has 1 aliphatic rings. The molecule has 0 saturated carbocycles. The van der Waals surface area contributed by atoms with Crippen molar-refractivity contribution < 1.29 is 14.7 Å². The number of thioether (sulfide) groups is 1. The van der Waals surface area contributed by atoms with Crippen LogP contribution in [0.25, 0.3) is 0 Å². The molecule has 126 valence electrons. The maximum Gasteiger partial charge on any atom is 0.305 e. The molecule has 2 aromatic rings. The number of hydrogen-bond donors (Lipinski definition) is 1. The summed E-state index contributed by atoms with van der Waals surface area (Å²) in [6.07, 6.45) is 0.687. The maximum atomic E-state index is 12.7. The lowest BCUT2D eigenvalue weighted by Crippen LogP contribution is -2.47. The average molecular weight is 362 g/mol. The van der Waals surface area contributed by atoms with Gasteiger partial charge in [-0.15, -0.1) is 11.3 Å². The zero-order chi connectivity index (χ0) is 16.9. The van der Waals surface area contributed by atoms with Crippen LogP contribution in [0, 0.1) is 0 Å². The zero-order valence-corrected chi connectivity index (χ0v) is 14.7. The molecule has 1 aromatic heterocycles. The summed E-state index contributed by atoms with van der Waals surface area (Å²) in [6.45, 7) is 0.576. The van der Waals surface area contributed by atoms with Crippen molar-refractivity contribution in [1.82, 2.24) is 9.88 Å². The summed E-state index contributed by atoms with van der Waals surface area (Å²) in [6, 6.07) is 9.75. The van der Waals surface area contributed by atoms with Gasteiger partial charge in [-0.1, -0.05) is 30.3 Å². The second-order valence-electron chi connectivity index (χ2n) is 5.61. The van der Waals surface area contributed by atoms with E-state index in [2.05, 4.69) is 4.98 Å². The molecule has 24 heavy (non-hydrogen) atoms. The molecule has 0 spiro atoms. The van der Waals surface area contributed by atoms with E-state index in [-0.39, 0.29) is 18.4 Å². The van der Waals surface area contributed by atoms with Gasteiger partial charge in [-0.2, -0.15) is 11.8 Å². The van der Waals surface area contributed by atoms with Crippen molar-refractivity contribution >= 4 is 35.0 Å². The van der Waals surface area contributed by atoms with Crippen molar-refractivity contribution in [3.05, 3.63) is 52.0 Å². The fourth-order valence-corrected chi connectivity index (χ4v) is 4.57. The molecule has 1 N–H and O–H groups in total.